The molecule has 25 heavy (non-hydrogen) atoms. The molecule has 6 heteroatoms. The third-order valence-corrected chi connectivity index (χ3v) is 5.98. The fraction of sp³-hybridized carbons (Fsp3) is 0.579. The van der Waals surface area contributed by atoms with Crippen LogP contribution >= 0.6 is 11.3 Å². The van der Waals surface area contributed by atoms with Crippen LogP contribution in [0.5, 0.6) is 0 Å². The van der Waals surface area contributed by atoms with E-state index in [9.17, 15) is 4.79 Å². The van der Waals surface area contributed by atoms with Gasteiger partial charge in [-0.3, -0.25) is 4.79 Å². The van der Waals surface area contributed by atoms with Crippen LogP contribution < -0.4 is 5.32 Å². The molecule has 0 bridgehead atoms. The normalized spacial score (nSPS) is 18.7. The van der Waals surface area contributed by atoms with Gasteiger partial charge in [0.15, 0.2) is 10.8 Å². The maximum absolute atomic E-state index is 12.5. The number of rotatable bonds is 6. The molecule has 1 N–H and O–H groups in total. The lowest BCUT2D eigenvalue weighted by molar-refractivity contribution is -0.131. The Morgan fingerprint density at radius 2 is 2.12 bits per heavy atom. The molecule has 0 aromatic carbocycles. The van der Waals surface area contributed by atoms with Gasteiger partial charge in [0.05, 0.1) is 12.1 Å². The molecule has 4 rings (SSSR count). The average molecular weight is 359 g/mol. The van der Waals surface area contributed by atoms with Gasteiger partial charge in [-0.05, 0) is 57.2 Å². The molecule has 1 saturated carbocycles. The van der Waals surface area contributed by atoms with Crippen LogP contribution in [0.3, 0.4) is 0 Å². The highest BCUT2D eigenvalue weighted by molar-refractivity contribution is 7.13. The van der Waals surface area contributed by atoms with Gasteiger partial charge in [0.2, 0.25) is 5.91 Å². The van der Waals surface area contributed by atoms with Crippen molar-refractivity contribution in [3.63, 3.8) is 0 Å². The number of thiazole rings is 1. The molecule has 134 valence electrons. The van der Waals surface area contributed by atoms with Crippen molar-refractivity contribution in [2.24, 2.45) is 5.92 Å². The van der Waals surface area contributed by atoms with Crippen molar-refractivity contribution in [1.82, 2.24) is 15.2 Å². The van der Waals surface area contributed by atoms with E-state index in [0.29, 0.717) is 12.5 Å². The molecule has 2 aliphatic rings. The number of likely N-dealkylation sites (tertiary alicyclic amines) is 1. The minimum atomic E-state index is 0.188. The highest BCUT2D eigenvalue weighted by atomic mass is 32.1. The summed E-state index contributed by atoms with van der Waals surface area (Å²) in [7, 11) is 0. The van der Waals surface area contributed by atoms with Crippen LogP contribution in [0.25, 0.3) is 10.8 Å². The van der Waals surface area contributed by atoms with Crippen LogP contribution in [0.2, 0.25) is 0 Å². The number of hydrogen-bond acceptors (Lipinski definition) is 5. The second-order valence-corrected chi connectivity index (χ2v) is 8.10. The van der Waals surface area contributed by atoms with Crippen molar-refractivity contribution in [2.45, 2.75) is 45.1 Å². The van der Waals surface area contributed by atoms with Crippen molar-refractivity contribution in [3.05, 3.63) is 29.0 Å². The van der Waals surface area contributed by atoms with Gasteiger partial charge in [-0.25, -0.2) is 4.98 Å². The first-order valence-corrected chi connectivity index (χ1v) is 10.1. The first kappa shape index (κ1) is 16.8. The lowest BCUT2D eigenvalue weighted by Crippen LogP contribution is -2.45. The van der Waals surface area contributed by atoms with E-state index in [0.717, 1.165) is 60.6 Å². The van der Waals surface area contributed by atoms with Crippen LogP contribution in [-0.4, -0.2) is 41.5 Å². The zero-order chi connectivity index (χ0) is 17.2. The predicted molar refractivity (Wildman–Crippen MR) is 98.6 cm³/mol. The number of nitrogens with one attached hydrogen (secondary N) is 1. The predicted octanol–water partition coefficient (Wildman–Crippen LogP) is 3.24. The van der Waals surface area contributed by atoms with Gasteiger partial charge < -0.3 is 14.6 Å². The standard InChI is InChI=1S/C19H25N3O2S/c1-13-2-5-17(24-13)19-21-16(12-25-19)10-18(23)22-8-6-15(7-9-22)20-11-14-3-4-14/h2,5,12,14-15,20H,3-4,6-11H2,1H3. The number of amides is 1. The van der Waals surface area contributed by atoms with Crippen molar-refractivity contribution in [2.75, 3.05) is 19.6 Å². The number of aryl methyl sites for hydroxylation is 1. The Bertz CT molecular complexity index is 727. The Hall–Kier alpha value is -1.66. The number of aromatic nitrogens is 1. The summed E-state index contributed by atoms with van der Waals surface area (Å²) in [5.74, 6) is 2.76. The van der Waals surface area contributed by atoms with Crippen molar-refractivity contribution >= 4 is 17.2 Å². The lowest BCUT2D eigenvalue weighted by Gasteiger charge is -2.32. The molecule has 0 spiro atoms. The molecule has 0 unspecified atom stereocenters. The summed E-state index contributed by atoms with van der Waals surface area (Å²) in [6.45, 7) is 4.79. The molecule has 1 saturated heterocycles. The molecule has 1 aliphatic carbocycles. The second-order valence-electron chi connectivity index (χ2n) is 7.24. The van der Waals surface area contributed by atoms with Crippen molar-refractivity contribution < 1.29 is 9.21 Å². The maximum atomic E-state index is 12.5. The molecule has 2 aromatic rings. The Morgan fingerprint density at radius 3 is 2.80 bits per heavy atom. The van der Waals surface area contributed by atoms with Crippen LogP contribution in [0, 0.1) is 12.8 Å². The second kappa shape index (κ2) is 7.30. The molecule has 5 nitrogen and oxygen atoms in total. The van der Waals surface area contributed by atoms with E-state index in [1.54, 1.807) is 0 Å². The highest BCUT2D eigenvalue weighted by Crippen LogP contribution is 2.28. The zero-order valence-corrected chi connectivity index (χ0v) is 15.5. The van der Waals surface area contributed by atoms with Gasteiger partial charge in [-0.15, -0.1) is 11.3 Å². The number of hydrogen-bond donors (Lipinski definition) is 1. The monoisotopic (exact) mass is 359 g/mol. The van der Waals surface area contributed by atoms with E-state index < -0.39 is 0 Å². The summed E-state index contributed by atoms with van der Waals surface area (Å²) in [5, 5.41) is 6.47. The Labute approximate surface area is 152 Å². The van der Waals surface area contributed by atoms with Gasteiger partial charge >= 0.3 is 0 Å². The van der Waals surface area contributed by atoms with Gasteiger partial charge in [-0.1, -0.05) is 0 Å². The third-order valence-electron chi connectivity index (χ3n) is 5.08. The summed E-state index contributed by atoms with van der Waals surface area (Å²) in [5.41, 5.74) is 0.841. The van der Waals surface area contributed by atoms with Crippen LogP contribution in [0.1, 0.15) is 37.1 Å². The maximum Gasteiger partial charge on any atom is 0.228 e. The fourth-order valence-electron chi connectivity index (χ4n) is 3.31. The van der Waals surface area contributed by atoms with E-state index in [1.807, 2.05) is 29.3 Å². The summed E-state index contributed by atoms with van der Waals surface area (Å²) in [6.07, 6.45) is 5.28. The van der Waals surface area contributed by atoms with Crippen LogP contribution in [-0.2, 0) is 11.2 Å². The number of carbonyl (C=O) groups is 1. The lowest BCUT2D eigenvalue weighted by atomic mass is 10.0. The molecular formula is C19H25N3O2S. The number of carbonyl (C=O) groups excluding carboxylic acids is 1. The summed E-state index contributed by atoms with van der Waals surface area (Å²) in [4.78, 5) is 19.1. The first-order valence-electron chi connectivity index (χ1n) is 9.20. The minimum Gasteiger partial charge on any atom is -0.459 e. The Balaban J connectivity index is 1.27. The van der Waals surface area contributed by atoms with Gasteiger partial charge in [0.1, 0.15) is 5.76 Å². The molecule has 1 aliphatic heterocycles. The molecule has 2 aromatic heterocycles. The Kier molecular flexibility index (Phi) is 4.90. The van der Waals surface area contributed by atoms with Gasteiger partial charge in [0.25, 0.3) is 0 Å². The van der Waals surface area contributed by atoms with Gasteiger partial charge in [0, 0.05) is 24.5 Å². The highest BCUT2D eigenvalue weighted by Gasteiger charge is 2.26. The molecule has 3 heterocycles. The Morgan fingerprint density at radius 1 is 1.32 bits per heavy atom. The third kappa shape index (κ3) is 4.30. The zero-order valence-electron chi connectivity index (χ0n) is 14.7. The first-order chi connectivity index (χ1) is 12.2. The number of nitrogens with zero attached hydrogens (tertiary/aromatic N) is 2. The molecular weight excluding hydrogens is 334 g/mol. The largest absolute Gasteiger partial charge is 0.459 e. The molecule has 2 fully saturated rings. The number of furan rings is 1. The quantitative estimate of drug-likeness (QED) is 0.860. The molecule has 0 radical (unpaired) electrons. The van der Waals surface area contributed by atoms with Crippen molar-refractivity contribution in [1.29, 1.82) is 0 Å². The minimum absolute atomic E-state index is 0.188. The molecule has 1 amide bonds. The summed E-state index contributed by atoms with van der Waals surface area (Å²) < 4.78 is 5.61. The van der Waals surface area contributed by atoms with Crippen LogP contribution in [0.4, 0.5) is 0 Å². The summed E-state index contributed by atoms with van der Waals surface area (Å²) >= 11 is 1.53. The smallest absolute Gasteiger partial charge is 0.228 e. The topological polar surface area (TPSA) is 58.4 Å². The number of piperidine rings is 1. The molecule has 0 atom stereocenters. The van der Waals surface area contributed by atoms with E-state index in [-0.39, 0.29) is 5.91 Å². The average Bonchev–Trinajstić information content (AvgIpc) is 3.17. The van der Waals surface area contributed by atoms with E-state index in [4.69, 9.17) is 4.42 Å². The van der Waals surface area contributed by atoms with Gasteiger partial charge in [-0.2, -0.15) is 0 Å². The SMILES string of the molecule is Cc1ccc(-c2nc(CC(=O)N3CCC(NCC4CC4)CC3)cs2)o1. The fourth-order valence-corrected chi connectivity index (χ4v) is 4.09. The van der Waals surface area contributed by atoms with E-state index in [2.05, 4.69) is 10.3 Å². The van der Waals surface area contributed by atoms with Crippen molar-refractivity contribution in [3.8, 4) is 10.8 Å². The van der Waals surface area contributed by atoms with E-state index in [1.165, 1.54) is 24.2 Å². The van der Waals surface area contributed by atoms with Crippen LogP contribution in [0.15, 0.2) is 21.9 Å². The summed E-state index contributed by atoms with van der Waals surface area (Å²) in [6, 6.07) is 4.44. The van der Waals surface area contributed by atoms with E-state index >= 15 is 0 Å².